The number of amides is 2. The van der Waals surface area contributed by atoms with E-state index < -0.39 is 5.41 Å². The molecule has 1 aromatic carbocycles. The Balaban J connectivity index is 1.95. The minimum absolute atomic E-state index is 0.0101. The number of aryl methyl sites for hydroxylation is 1. The first kappa shape index (κ1) is 23.8. The lowest BCUT2D eigenvalue weighted by Gasteiger charge is -2.40. The molecule has 0 fully saturated rings. The maximum absolute atomic E-state index is 13.7. The molecule has 1 aliphatic rings. The predicted octanol–water partition coefficient (Wildman–Crippen LogP) is 5.42. The van der Waals surface area contributed by atoms with Gasteiger partial charge in [-0.05, 0) is 68.7 Å². The lowest BCUT2D eigenvalue weighted by Crippen LogP contribution is -2.52. The van der Waals surface area contributed by atoms with Gasteiger partial charge in [0.15, 0.2) is 0 Å². The average Bonchev–Trinajstić information content (AvgIpc) is 3.25. The molecule has 0 radical (unpaired) electrons. The number of hydrogen-bond donors (Lipinski definition) is 0. The number of carbonyl (C=O) groups excluding carboxylic acids is 2. The number of hydrogen-bond acceptors (Lipinski definition) is 3. The van der Waals surface area contributed by atoms with Crippen LogP contribution in [-0.4, -0.2) is 46.6 Å². The molecule has 4 nitrogen and oxygen atoms in total. The van der Waals surface area contributed by atoms with Crippen molar-refractivity contribution in [2.75, 3.05) is 19.0 Å². The number of fused-ring (bicyclic) bond motifs is 1. The molecule has 0 bridgehead atoms. The zero-order valence-corrected chi connectivity index (χ0v) is 20.7. The fourth-order valence-electron chi connectivity index (χ4n) is 4.14. The Morgan fingerprint density at radius 2 is 1.97 bits per heavy atom. The van der Waals surface area contributed by atoms with Crippen molar-refractivity contribution in [3.8, 4) is 0 Å². The highest BCUT2D eigenvalue weighted by Gasteiger charge is 2.38. The number of halogens is 1. The van der Waals surface area contributed by atoms with Crippen molar-refractivity contribution in [3.63, 3.8) is 0 Å². The van der Waals surface area contributed by atoms with Crippen LogP contribution in [0, 0.1) is 12.3 Å². The van der Waals surface area contributed by atoms with Crippen LogP contribution in [0.4, 0.5) is 0 Å². The first-order valence-electron chi connectivity index (χ1n) is 11.0. The molecular formula is C25H33ClN2O2S. The van der Waals surface area contributed by atoms with Crippen molar-refractivity contribution in [3.05, 3.63) is 57.3 Å². The van der Waals surface area contributed by atoms with Crippen molar-refractivity contribution in [1.29, 1.82) is 0 Å². The number of carbonyl (C=O) groups is 2. The van der Waals surface area contributed by atoms with Gasteiger partial charge < -0.3 is 9.80 Å². The topological polar surface area (TPSA) is 40.6 Å². The molecule has 0 N–H and O–H groups in total. The average molecular weight is 461 g/mol. The largest absolute Gasteiger partial charge is 0.330 e. The first-order chi connectivity index (χ1) is 14.7. The van der Waals surface area contributed by atoms with E-state index in [1.54, 1.807) is 16.2 Å². The molecule has 0 spiro atoms. The molecule has 2 atom stereocenters. The highest BCUT2D eigenvalue weighted by atomic mass is 35.5. The third kappa shape index (κ3) is 4.83. The van der Waals surface area contributed by atoms with E-state index in [1.807, 2.05) is 44.7 Å². The number of benzene rings is 1. The molecule has 2 amide bonds. The second kappa shape index (κ2) is 9.74. The van der Waals surface area contributed by atoms with Crippen LogP contribution in [0.25, 0.3) is 0 Å². The standard InChI is InChI=1S/C25H33ClN2O2S/c1-6-18(3)28(24(30)25(4,5)16-26)15-22(29)27-13-11-21-20(12-14-31-21)23(27)19-10-8-7-9-17(19)2/h7-10,12,14,18,23H,6,11,13,15-16H2,1-5H3. The van der Waals surface area contributed by atoms with Crippen molar-refractivity contribution >= 4 is 34.8 Å². The zero-order valence-electron chi connectivity index (χ0n) is 19.2. The Morgan fingerprint density at radius 1 is 1.26 bits per heavy atom. The van der Waals surface area contributed by atoms with Crippen LogP contribution >= 0.6 is 22.9 Å². The molecule has 0 saturated carbocycles. The van der Waals surface area contributed by atoms with Gasteiger partial charge in [0, 0.05) is 23.3 Å². The summed E-state index contributed by atoms with van der Waals surface area (Å²) in [5.74, 6) is 0.149. The first-order valence-corrected chi connectivity index (χ1v) is 12.4. The van der Waals surface area contributed by atoms with E-state index in [-0.39, 0.29) is 36.3 Å². The van der Waals surface area contributed by atoms with Gasteiger partial charge in [0.1, 0.15) is 6.54 Å². The summed E-state index contributed by atoms with van der Waals surface area (Å²) in [6.07, 6.45) is 1.64. The number of thiophene rings is 1. The van der Waals surface area contributed by atoms with Gasteiger partial charge in [-0.15, -0.1) is 22.9 Å². The van der Waals surface area contributed by atoms with Crippen molar-refractivity contribution in [2.24, 2.45) is 5.41 Å². The number of rotatable bonds is 7. The summed E-state index contributed by atoms with van der Waals surface area (Å²) in [6, 6.07) is 10.3. The van der Waals surface area contributed by atoms with E-state index in [4.69, 9.17) is 11.6 Å². The maximum atomic E-state index is 13.7. The minimum Gasteiger partial charge on any atom is -0.330 e. The molecule has 1 aliphatic heterocycles. The number of nitrogens with zero attached hydrogens (tertiary/aromatic N) is 2. The van der Waals surface area contributed by atoms with Crippen LogP contribution < -0.4 is 0 Å². The summed E-state index contributed by atoms with van der Waals surface area (Å²) < 4.78 is 0. The molecule has 168 valence electrons. The highest BCUT2D eigenvalue weighted by molar-refractivity contribution is 7.10. The van der Waals surface area contributed by atoms with Gasteiger partial charge in [-0.25, -0.2) is 0 Å². The van der Waals surface area contributed by atoms with Gasteiger partial charge in [0.25, 0.3) is 0 Å². The summed E-state index contributed by atoms with van der Waals surface area (Å²) in [4.78, 5) is 32.0. The van der Waals surface area contributed by atoms with E-state index in [9.17, 15) is 9.59 Å². The monoisotopic (exact) mass is 460 g/mol. The van der Waals surface area contributed by atoms with Crippen LogP contribution in [0.5, 0.6) is 0 Å². The van der Waals surface area contributed by atoms with E-state index in [1.165, 1.54) is 16.0 Å². The third-order valence-electron chi connectivity index (χ3n) is 6.37. The summed E-state index contributed by atoms with van der Waals surface area (Å²) in [6.45, 7) is 10.6. The van der Waals surface area contributed by atoms with Gasteiger partial charge >= 0.3 is 0 Å². The maximum Gasteiger partial charge on any atom is 0.243 e. The molecule has 3 rings (SSSR count). The number of alkyl halides is 1. The summed E-state index contributed by atoms with van der Waals surface area (Å²) in [5, 5.41) is 2.11. The highest BCUT2D eigenvalue weighted by Crippen LogP contribution is 2.39. The van der Waals surface area contributed by atoms with Gasteiger partial charge in [0.05, 0.1) is 11.5 Å². The van der Waals surface area contributed by atoms with Crippen LogP contribution in [0.15, 0.2) is 35.7 Å². The van der Waals surface area contributed by atoms with Crippen molar-refractivity contribution in [1.82, 2.24) is 9.80 Å². The Morgan fingerprint density at radius 3 is 2.61 bits per heavy atom. The fraction of sp³-hybridized carbons (Fsp3) is 0.520. The molecule has 0 aliphatic carbocycles. The molecule has 31 heavy (non-hydrogen) atoms. The van der Waals surface area contributed by atoms with Crippen molar-refractivity contribution < 1.29 is 9.59 Å². The third-order valence-corrected chi connectivity index (χ3v) is 8.04. The minimum atomic E-state index is -0.705. The molecule has 2 heterocycles. The van der Waals surface area contributed by atoms with E-state index in [0.717, 1.165) is 18.4 Å². The molecule has 0 saturated heterocycles. The summed E-state index contributed by atoms with van der Waals surface area (Å²) in [5.41, 5.74) is 2.82. The van der Waals surface area contributed by atoms with Gasteiger partial charge in [0.2, 0.25) is 11.8 Å². The lowest BCUT2D eigenvalue weighted by molar-refractivity contribution is -0.148. The lowest BCUT2D eigenvalue weighted by atomic mass is 9.90. The molecule has 2 unspecified atom stereocenters. The van der Waals surface area contributed by atoms with Gasteiger partial charge in [-0.2, -0.15) is 0 Å². The Bertz CT molecular complexity index is 939. The van der Waals surface area contributed by atoms with E-state index in [0.29, 0.717) is 6.54 Å². The van der Waals surface area contributed by atoms with Crippen molar-refractivity contribution in [2.45, 2.75) is 59.5 Å². The summed E-state index contributed by atoms with van der Waals surface area (Å²) in [7, 11) is 0. The molecule has 6 heteroatoms. The Labute approximate surface area is 195 Å². The van der Waals surface area contributed by atoms with Gasteiger partial charge in [-0.3, -0.25) is 9.59 Å². The zero-order chi connectivity index (χ0) is 22.8. The normalized spacial score (nSPS) is 17.2. The van der Waals surface area contributed by atoms with E-state index in [2.05, 4.69) is 30.5 Å². The van der Waals surface area contributed by atoms with Crippen LogP contribution in [0.3, 0.4) is 0 Å². The SMILES string of the molecule is CCC(C)N(CC(=O)N1CCc2sccc2C1c1ccccc1C)C(=O)C(C)(C)CCl. The summed E-state index contributed by atoms with van der Waals surface area (Å²) >= 11 is 7.85. The smallest absolute Gasteiger partial charge is 0.243 e. The van der Waals surface area contributed by atoms with Crippen LogP contribution in [0.1, 0.15) is 61.7 Å². The van der Waals surface area contributed by atoms with Gasteiger partial charge in [-0.1, -0.05) is 31.2 Å². The fourth-order valence-corrected chi connectivity index (χ4v) is 5.16. The Hall–Kier alpha value is -1.85. The molecule has 1 aromatic heterocycles. The predicted molar refractivity (Wildman–Crippen MR) is 129 cm³/mol. The second-order valence-corrected chi connectivity index (χ2v) is 10.4. The van der Waals surface area contributed by atoms with Crippen LogP contribution in [0.2, 0.25) is 0 Å². The second-order valence-electron chi connectivity index (χ2n) is 9.10. The molecular weight excluding hydrogens is 428 g/mol. The quantitative estimate of drug-likeness (QED) is 0.517. The Kier molecular flexibility index (Phi) is 7.48. The van der Waals surface area contributed by atoms with E-state index >= 15 is 0 Å². The molecule has 2 aromatic rings. The van der Waals surface area contributed by atoms with Crippen LogP contribution in [-0.2, 0) is 16.0 Å².